The molecule has 134 valence electrons. The molecule has 9 heteroatoms. The van der Waals surface area contributed by atoms with Crippen LogP contribution >= 0.6 is 11.6 Å². The van der Waals surface area contributed by atoms with Crippen LogP contribution in [0.3, 0.4) is 0 Å². The van der Waals surface area contributed by atoms with Crippen molar-refractivity contribution in [3.8, 4) is 0 Å². The van der Waals surface area contributed by atoms with Gasteiger partial charge in [0.25, 0.3) is 5.69 Å². The van der Waals surface area contributed by atoms with Crippen LogP contribution in [-0.2, 0) is 16.0 Å². The van der Waals surface area contributed by atoms with E-state index in [2.05, 4.69) is 10.4 Å². The highest BCUT2D eigenvalue weighted by molar-refractivity contribution is 6.39. The molecule has 2 N–H and O–H groups in total. The molecule has 0 aromatic heterocycles. The first-order valence-electron chi connectivity index (χ1n) is 7.58. The Morgan fingerprint density at radius 3 is 2.50 bits per heavy atom. The standard InChI is InChI=1S/C17H15ClN4O4/c1-2-11-3-5-13(6-4-11)20-16(23)17(24)21-19-10-12-9-14(22(25)26)7-8-15(12)18/h3-10H,2H2,1H3,(H,20,23)(H,21,24). The number of hydrazone groups is 1. The van der Waals surface area contributed by atoms with Crippen molar-refractivity contribution in [2.75, 3.05) is 5.32 Å². The number of benzene rings is 2. The number of anilines is 1. The molecule has 0 radical (unpaired) electrons. The van der Waals surface area contributed by atoms with Crippen LogP contribution in [0.4, 0.5) is 11.4 Å². The molecule has 0 atom stereocenters. The number of nitro benzene ring substituents is 1. The van der Waals surface area contributed by atoms with Gasteiger partial charge in [0.15, 0.2) is 0 Å². The molecule has 8 nitrogen and oxygen atoms in total. The van der Waals surface area contributed by atoms with Crippen LogP contribution in [0.1, 0.15) is 18.1 Å². The van der Waals surface area contributed by atoms with Gasteiger partial charge in [-0.2, -0.15) is 5.10 Å². The van der Waals surface area contributed by atoms with E-state index in [0.717, 1.165) is 18.2 Å². The maximum atomic E-state index is 11.8. The molecule has 26 heavy (non-hydrogen) atoms. The van der Waals surface area contributed by atoms with E-state index in [1.165, 1.54) is 18.2 Å². The van der Waals surface area contributed by atoms with E-state index in [4.69, 9.17) is 11.6 Å². The van der Waals surface area contributed by atoms with Crippen LogP contribution in [-0.4, -0.2) is 23.0 Å². The van der Waals surface area contributed by atoms with Crippen molar-refractivity contribution >= 4 is 41.0 Å². The number of hydrogen-bond donors (Lipinski definition) is 2. The largest absolute Gasteiger partial charge is 0.329 e. The number of halogens is 1. The summed E-state index contributed by atoms with van der Waals surface area (Å²) in [6, 6.07) is 10.9. The van der Waals surface area contributed by atoms with Crippen molar-refractivity contribution in [1.29, 1.82) is 0 Å². The fourth-order valence-electron chi connectivity index (χ4n) is 1.97. The minimum atomic E-state index is -0.984. The van der Waals surface area contributed by atoms with Gasteiger partial charge in [0, 0.05) is 28.4 Å². The lowest BCUT2D eigenvalue weighted by Crippen LogP contribution is -2.32. The Morgan fingerprint density at radius 1 is 1.19 bits per heavy atom. The summed E-state index contributed by atoms with van der Waals surface area (Å²) in [4.78, 5) is 33.7. The lowest BCUT2D eigenvalue weighted by molar-refractivity contribution is -0.384. The number of nitrogens with one attached hydrogen (secondary N) is 2. The fourth-order valence-corrected chi connectivity index (χ4v) is 2.13. The van der Waals surface area contributed by atoms with Crippen molar-refractivity contribution in [1.82, 2.24) is 5.43 Å². The zero-order valence-electron chi connectivity index (χ0n) is 13.7. The van der Waals surface area contributed by atoms with Crippen molar-refractivity contribution in [3.63, 3.8) is 0 Å². The van der Waals surface area contributed by atoms with Gasteiger partial charge in [-0.05, 0) is 30.2 Å². The minimum Gasteiger partial charge on any atom is -0.318 e. The van der Waals surface area contributed by atoms with Gasteiger partial charge in [0.1, 0.15) is 0 Å². The van der Waals surface area contributed by atoms with Gasteiger partial charge < -0.3 is 5.32 Å². The maximum Gasteiger partial charge on any atom is 0.329 e. The molecule has 0 saturated carbocycles. The average Bonchev–Trinajstić information content (AvgIpc) is 2.63. The molecule has 0 spiro atoms. The molecule has 0 saturated heterocycles. The molecule has 2 rings (SSSR count). The Morgan fingerprint density at radius 2 is 1.88 bits per heavy atom. The fraction of sp³-hybridized carbons (Fsp3) is 0.118. The number of nitro groups is 1. The van der Waals surface area contributed by atoms with Gasteiger partial charge in [-0.25, -0.2) is 5.43 Å². The zero-order valence-corrected chi connectivity index (χ0v) is 14.5. The van der Waals surface area contributed by atoms with Crippen LogP contribution in [0.2, 0.25) is 5.02 Å². The van der Waals surface area contributed by atoms with E-state index in [1.54, 1.807) is 12.1 Å². The average molecular weight is 375 g/mol. The summed E-state index contributed by atoms with van der Waals surface area (Å²) in [6.07, 6.45) is 1.99. The monoisotopic (exact) mass is 374 g/mol. The molecule has 0 heterocycles. The number of rotatable bonds is 5. The SMILES string of the molecule is CCc1ccc(NC(=O)C(=O)NN=Cc2cc([N+](=O)[O-])ccc2Cl)cc1. The van der Waals surface area contributed by atoms with Crippen LogP contribution in [0.25, 0.3) is 0 Å². The highest BCUT2D eigenvalue weighted by Crippen LogP contribution is 2.20. The summed E-state index contributed by atoms with van der Waals surface area (Å²) in [6.45, 7) is 2.01. The summed E-state index contributed by atoms with van der Waals surface area (Å²) in [5.41, 5.74) is 3.68. The van der Waals surface area contributed by atoms with Crippen LogP contribution < -0.4 is 10.7 Å². The van der Waals surface area contributed by atoms with Gasteiger partial charge in [-0.15, -0.1) is 0 Å². The lowest BCUT2D eigenvalue weighted by atomic mass is 10.1. The second-order valence-corrected chi connectivity index (χ2v) is 5.57. The molecular formula is C17H15ClN4O4. The Kier molecular flexibility index (Phi) is 6.40. The quantitative estimate of drug-likeness (QED) is 0.362. The Bertz CT molecular complexity index is 866. The van der Waals surface area contributed by atoms with Gasteiger partial charge in [0.2, 0.25) is 0 Å². The molecule has 2 aromatic carbocycles. The van der Waals surface area contributed by atoms with Crippen LogP contribution in [0, 0.1) is 10.1 Å². The number of non-ortho nitro benzene ring substituents is 1. The maximum absolute atomic E-state index is 11.8. The molecule has 0 fully saturated rings. The number of hydrogen-bond acceptors (Lipinski definition) is 5. The predicted molar refractivity (Wildman–Crippen MR) is 98.3 cm³/mol. The number of aryl methyl sites for hydroxylation is 1. The first-order valence-corrected chi connectivity index (χ1v) is 7.95. The molecule has 0 bridgehead atoms. The van der Waals surface area contributed by atoms with E-state index in [0.29, 0.717) is 5.69 Å². The topological polar surface area (TPSA) is 114 Å². The predicted octanol–water partition coefficient (Wildman–Crippen LogP) is 2.90. The van der Waals surface area contributed by atoms with E-state index in [1.807, 2.05) is 24.5 Å². The molecule has 2 amide bonds. The van der Waals surface area contributed by atoms with Crippen molar-refractivity contribution < 1.29 is 14.5 Å². The lowest BCUT2D eigenvalue weighted by Gasteiger charge is -2.05. The summed E-state index contributed by atoms with van der Waals surface area (Å²) < 4.78 is 0. The third-order valence-electron chi connectivity index (χ3n) is 3.39. The molecular weight excluding hydrogens is 360 g/mol. The summed E-state index contributed by atoms with van der Waals surface area (Å²) in [7, 11) is 0. The highest BCUT2D eigenvalue weighted by atomic mass is 35.5. The molecule has 0 aliphatic rings. The summed E-state index contributed by atoms with van der Waals surface area (Å²) in [5.74, 6) is -1.88. The number of carbonyl (C=O) groups is 2. The number of amides is 2. The summed E-state index contributed by atoms with van der Waals surface area (Å²) >= 11 is 5.90. The molecule has 2 aromatic rings. The molecule has 0 unspecified atom stereocenters. The third kappa shape index (κ3) is 5.12. The highest BCUT2D eigenvalue weighted by Gasteiger charge is 2.13. The first kappa shape index (κ1) is 19.1. The van der Waals surface area contributed by atoms with Gasteiger partial charge >= 0.3 is 11.8 Å². The van der Waals surface area contributed by atoms with Crippen molar-refractivity contribution in [2.45, 2.75) is 13.3 Å². The second-order valence-electron chi connectivity index (χ2n) is 5.17. The second kappa shape index (κ2) is 8.72. The van der Waals surface area contributed by atoms with Gasteiger partial charge in [0.05, 0.1) is 11.1 Å². The van der Waals surface area contributed by atoms with E-state index >= 15 is 0 Å². The van der Waals surface area contributed by atoms with Crippen LogP contribution in [0.5, 0.6) is 0 Å². The normalized spacial score (nSPS) is 10.5. The third-order valence-corrected chi connectivity index (χ3v) is 3.73. The van der Waals surface area contributed by atoms with E-state index < -0.39 is 16.7 Å². The van der Waals surface area contributed by atoms with Gasteiger partial charge in [-0.1, -0.05) is 30.7 Å². The Labute approximate surface area is 154 Å². The molecule has 0 aliphatic heterocycles. The summed E-state index contributed by atoms with van der Waals surface area (Å²) in [5, 5.41) is 17.0. The number of carbonyl (C=O) groups excluding carboxylic acids is 2. The van der Waals surface area contributed by atoms with Crippen LogP contribution in [0.15, 0.2) is 47.6 Å². The van der Waals surface area contributed by atoms with E-state index in [-0.39, 0.29) is 16.3 Å². The number of nitrogens with zero attached hydrogens (tertiary/aromatic N) is 2. The van der Waals surface area contributed by atoms with Gasteiger partial charge in [-0.3, -0.25) is 19.7 Å². The smallest absolute Gasteiger partial charge is 0.318 e. The Balaban J connectivity index is 1.96. The van der Waals surface area contributed by atoms with Crippen molar-refractivity contribution in [2.24, 2.45) is 5.10 Å². The first-order chi connectivity index (χ1) is 12.4. The van der Waals surface area contributed by atoms with E-state index in [9.17, 15) is 19.7 Å². The Hall–Kier alpha value is -3.26. The molecule has 0 aliphatic carbocycles. The minimum absolute atomic E-state index is 0.171. The van der Waals surface area contributed by atoms with Crippen molar-refractivity contribution in [3.05, 3.63) is 68.7 Å². The zero-order chi connectivity index (χ0) is 19.1.